The summed E-state index contributed by atoms with van der Waals surface area (Å²) in [6, 6.07) is 0. The Labute approximate surface area is 90.7 Å². The molecule has 0 aliphatic heterocycles. The van der Waals surface area contributed by atoms with Gasteiger partial charge in [-0.2, -0.15) is 0 Å². The number of carbonyl (C=O) groups is 1. The summed E-state index contributed by atoms with van der Waals surface area (Å²) in [7, 11) is 0. The second-order valence-electron chi connectivity index (χ2n) is 0.621. The van der Waals surface area contributed by atoms with E-state index in [0.717, 1.165) is 13.0 Å². The molecular weight excluding hydrogens is 137 g/mol. The predicted molar refractivity (Wildman–Crippen MR) is 22.8 cm³/mol. The third-order valence-corrected chi connectivity index (χ3v) is 0. The Morgan fingerprint density at radius 1 is 1.88 bits per heavy atom. The zero-order valence-electron chi connectivity index (χ0n) is 5.76. The first-order valence-corrected chi connectivity index (χ1v) is 1.38. The van der Waals surface area contributed by atoms with Gasteiger partial charge in [0.05, 0.1) is 0 Å². The molecule has 5 heteroatoms. The van der Waals surface area contributed by atoms with Gasteiger partial charge in [0.25, 0.3) is 5.97 Å². The van der Waals surface area contributed by atoms with Gasteiger partial charge in [-0.1, -0.05) is 0 Å². The molecule has 0 aliphatic carbocycles. The van der Waals surface area contributed by atoms with Crippen molar-refractivity contribution in [2.45, 2.75) is 6.92 Å². The Balaban J connectivity index is -0.0000000233. The smallest absolute Gasteiger partial charge is 1.00 e. The first-order chi connectivity index (χ1) is 3.15. The molecule has 0 amide bonds. The molecule has 0 bridgehead atoms. The van der Waals surface area contributed by atoms with Crippen LogP contribution in [-0.2, 0) is 9.59 Å². The molecule has 0 aliphatic rings. The van der Waals surface area contributed by atoms with E-state index in [4.69, 9.17) is 20.1 Å². The topological polar surface area (TPSA) is 78.2 Å². The van der Waals surface area contributed by atoms with Crippen LogP contribution in [0.5, 0.6) is 0 Å². The molecule has 0 aromatic carbocycles. The molecule has 0 aromatic rings. The quantitative estimate of drug-likeness (QED) is 0.217. The standard InChI is InChI=1S/C2H4O2.CHNO.K.H/c1-2(3)4;2-1-3;;/h1H3,(H,3,4);2H;;/q;;+1;-1. The number of carboxylic acids is 1. The van der Waals surface area contributed by atoms with Crippen molar-refractivity contribution >= 4 is 12.0 Å². The number of aliphatic carboxylic acids is 1. The molecule has 0 saturated heterocycles. The van der Waals surface area contributed by atoms with E-state index in [-0.39, 0.29) is 52.8 Å². The van der Waals surface area contributed by atoms with Crippen molar-refractivity contribution in [1.29, 1.82) is 5.41 Å². The largest absolute Gasteiger partial charge is 1.00 e. The number of carboxylic acid groups (broad SMARTS) is 1. The fourth-order valence-electron chi connectivity index (χ4n) is 0. The Kier molecular flexibility index (Phi) is 30.9. The van der Waals surface area contributed by atoms with Gasteiger partial charge < -0.3 is 6.53 Å². The van der Waals surface area contributed by atoms with Crippen LogP contribution in [0.4, 0.5) is 0 Å². The summed E-state index contributed by atoms with van der Waals surface area (Å²) in [6.45, 7) is 1.08. The number of isocyanates is 1. The van der Waals surface area contributed by atoms with E-state index in [1.54, 1.807) is 0 Å². The number of hydrogen-bond donors (Lipinski definition) is 2. The molecule has 0 aromatic heterocycles. The minimum atomic E-state index is -0.833. The first-order valence-electron chi connectivity index (χ1n) is 1.38. The van der Waals surface area contributed by atoms with Gasteiger partial charge in [0, 0.05) is 6.92 Å². The van der Waals surface area contributed by atoms with Crippen molar-refractivity contribution in [3.05, 3.63) is 0 Å². The molecule has 0 spiro atoms. The van der Waals surface area contributed by atoms with Gasteiger partial charge in [-0.05, 0) is 0 Å². The molecule has 0 rings (SSSR count). The fourth-order valence-corrected chi connectivity index (χ4v) is 0. The van der Waals surface area contributed by atoms with Crippen molar-refractivity contribution in [2.75, 3.05) is 0 Å². The maximum atomic E-state index is 9.00. The molecule has 0 unspecified atom stereocenters. The SMILES string of the molecule is CC(=O)O.N=C=O.[H-].[K+]. The van der Waals surface area contributed by atoms with Gasteiger partial charge in [0.15, 0.2) is 0 Å². The Bertz CT molecular complexity index is 87.1. The van der Waals surface area contributed by atoms with Crippen molar-refractivity contribution in [1.82, 2.24) is 0 Å². The predicted octanol–water partition coefficient (Wildman–Crippen LogP) is -2.89. The molecule has 0 saturated carbocycles. The normalized spacial score (nSPS) is 4.12. The van der Waals surface area contributed by atoms with E-state index in [1.807, 2.05) is 0 Å². The summed E-state index contributed by atoms with van der Waals surface area (Å²) in [6.07, 6.45) is 0.750. The van der Waals surface area contributed by atoms with E-state index < -0.39 is 5.97 Å². The number of hydrogen-bond acceptors (Lipinski definition) is 3. The fraction of sp³-hybridized carbons (Fsp3) is 0.333. The maximum Gasteiger partial charge on any atom is 1.00 e. The van der Waals surface area contributed by atoms with Gasteiger partial charge in [-0.15, -0.1) is 0 Å². The van der Waals surface area contributed by atoms with E-state index in [9.17, 15) is 0 Å². The summed E-state index contributed by atoms with van der Waals surface area (Å²) in [5, 5.41) is 12.8. The van der Waals surface area contributed by atoms with Gasteiger partial charge in [0.1, 0.15) is 0 Å². The van der Waals surface area contributed by atoms with Crippen LogP contribution in [0, 0.1) is 5.41 Å². The number of carbonyl (C=O) groups excluding carboxylic acids is 1. The molecule has 0 fully saturated rings. The molecule has 0 radical (unpaired) electrons. The minimum absolute atomic E-state index is 0. The van der Waals surface area contributed by atoms with Crippen LogP contribution in [0.1, 0.15) is 8.35 Å². The van der Waals surface area contributed by atoms with Crippen molar-refractivity contribution < 1.29 is 67.5 Å². The van der Waals surface area contributed by atoms with Gasteiger partial charge >= 0.3 is 51.4 Å². The molecule has 0 heterocycles. The summed E-state index contributed by atoms with van der Waals surface area (Å²) in [4.78, 5) is 17.3. The number of rotatable bonds is 0. The zero-order chi connectivity index (χ0) is 6.28. The summed E-state index contributed by atoms with van der Waals surface area (Å²) < 4.78 is 0. The second-order valence-corrected chi connectivity index (χ2v) is 0.621. The average molecular weight is 143 g/mol. The Hall–Kier alpha value is 0.486. The van der Waals surface area contributed by atoms with Gasteiger partial charge in [-0.3, -0.25) is 4.79 Å². The van der Waals surface area contributed by atoms with Crippen LogP contribution in [0.25, 0.3) is 0 Å². The minimum Gasteiger partial charge on any atom is -1.00 e. The molecule has 4 nitrogen and oxygen atoms in total. The van der Waals surface area contributed by atoms with Crippen molar-refractivity contribution in [3.8, 4) is 0 Å². The average Bonchev–Trinajstić information content (AvgIpc) is 1.33. The molecule has 8 heavy (non-hydrogen) atoms. The zero-order valence-corrected chi connectivity index (χ0v) is 7.89. The van der Waals surface area contributed by atoms with E-state index in [1.165, 1.54) is 0 Å². The van der Waals surface area contributed by atoms with Crippen LogP contribution >= 0.6 is 0 Å². The summed E-state index contributed by atoms with van der Waals surface area (Å²) in [5.41, 5.74) is 0. The molecule has 2 N–H and O–H groups in total. The maximum absolute atomic E-state index is 9.00. The Morgan fingerprint density at radius 3 is 1.88 bits per heavy atom. The van der Waals surface area contributed by atoms with Crippen molar-refractivity contribution in [2.24, 2.45) is 0 Å². The first kappa shape index (κ1) is 15.8. The second kappa shape index (κ2) is 15.6. The summed E-state index contributed by atoms with van der Waals surface area (Å²) >= 11 is 0. The van der Waals surface area contributed by atoms with E-state index in [0.29, 0.717) is 0 Å². The molecule has 0 atom stereocenters. The van der Waals surface area contributed by atoms with Crippen LogP contribution < -0.4 is 51.4 Å². The number of nitrogens with one attached hydrogen (secondary N) is 1. The van der Waals surface area contributed by atoms with Crippen LogP contribution in [0.3, 0.4) is 0 Å². The summed E-state index contributed by atoms with van der Waals surface area (Å²) in [5.74, 6) is -0.833. The van der Waals surface area contributed by atoms with E-state index >= 15 is 0 Å². The van der Waals surface area contributed by atoms with Crippen molar-refractivity contribution in [3.63, 3.8) is 0 Å². The third-order valence-electron chi connectivity index (χ3n) is 0. The Morgan fingerprint density at radius 2 is 1.88 bits per heavy atom. The van der Waals surface area contributed by atoms with E-state index in [2.05, 4.69) is 0 Å². The van der Waals surface area contributed by atoms with Crippen LogP contribution in [-0.4, -0.2) is 17.2 Å². The third kappa shape index (κ3) is 825. The molecular formula is C3H6KNO3. The van der Waals surface area contributed by atoms with Crippen LogP contribution in [0.15, 0.2) is 0 Å². The monoisotopic (exact) mass is 143 g/mol. The van der Waals surface area contributed by atoms with Gasteiger partial charge in [0.2, 0.25) is 6.08 Å². The molecule has 42 valence electrons. The van der Waals surface area contributed by atoms with Crippen LogP contribution in [0.2, 0.25) is 0 Å². The van der Waals surface area contributed by atoms with Gasteiger partial charge in [-0.25, -0.2) is 10.2 Å².